The fraction of sp³-hybridized carbons (Fsp3) is 0.533. The zero-order chi connectivity index (χ0) is 28.2. The largest absolute Gasteiger partial charge is 0.481 e. The van der Waals surface area contributed by atoms with Crippen LogP contribution < -0.4 is 28.7 Å². The molecule has 1 amide bonds. The smallest absolute Gasteiger partial charge is 0.322 e. The lowest BCUT2D eigenvalue weighted by molar-refractivity contribution is -0.144. The lowest BCUT2D eigenvalue weighted by Gasteiger charge is -1.99. The van der Waals surface area contributed by atoms with Crippen molar-refractivity contribution in [3.8, 4) is 0 Å². The van der Waals surface area contributed by atoms with Crippen molar-refractivity contribution in [2.45, 2.75) is 43.4 Å². The van der Waals surface area contributed by atoms with Crippen LogP contribution in [0.15, 0.2) is 0 Å². The van der Waals surface area contributed by atoms with E-state index in [0.717, 1.165) is 0 Å². The number of aliphatic carboxylic acids is 6. The fourth-order valence-corrected chi connectivity index (χ4v) is 0.933. The molecule has 0 aliphatic carbocycles. The number of nitrogens with two attached hydrogens (primary N) is 5. The van der Waals surface area contributed by atoms with Gasteiger partial charge in [-0.05, 0) is 0 Å². The Bertz CT molecular complexity index is 625. The number of primary amides is 1. The second kappa shape index (κ2) is 21.0. The summed E-state index contributed by atoms with van der Waals surface area (Å²) in [4.78, 5) is 68.8. The van der Waals surface area contributed by atoms with Crippen molar-refractivity contribution in [3.63, 3.8) is 0 Å². The van der Waals surface area contributed by atoms with Gasteiger partial charge in [-0.25, -0.2) is 0 Å². The Kier molecular flexibility index (Phi) is 23.1. The highest BCUT2D eigenvalue weighted by molar-refractivity contribution is 5.83. The summed E-state index contributed by atoms with van der Waals surface area (Å²) in [6, 6.07) is -4.87. The second-order valence-electron chi connectivity index (χ2n) is 5.83. The van der Waals surface area contributed by atoms with Crippen molar-refractivity contribution < 1.29 is 69.3 Å². The Hall–Kier alpha value is -3.91. The minimum absolute atomic E-state index is 0.310. The van der Waals surface area contributed by atoms with Gasteiger partial charge < -0.3 is 64.4 Å². The molecule has 0 saturated heterocycles. The summed E-state index contributed by atoms with van der Waals surface area (Å²) in [5.41, 5.74) is 24.0. The maximum atomic E-state index is 9.99. The van der Waals surface area contributed by atoms with Gasteiger partial charge in [0.1, 0.15) is 24.2 Å². The van der Waals surface area contributed by atoms with Crippen molar-refractivity contribution in [1.29, 1.82) is 0 Å². The summed E-state index contributed by atoms with van der Waals surface area (Å²) in [5.74, 6) is -8.09. The minimum Gasteiger partial charge on any atom is -0.481 e. The number of aliphatic hydroxyl groups excluding tert-OH is 1. The van der Waals surface area contributed by atoms with Crippen molar-refractivity contribution >= 4 is 41.7 Å². The molecule has 19 nitrogen and oxygen atoms in total. The second-order valence-corrected chi connectivity index (χ2v) is 5.83. The minimum atomic E-state index is -1.29. The normalized spacial score (nSPS) is 12.7. The number of carbonyl (C=O) groups is 7. The van der Waals surface area contributed by atoms with Crippen LogP contribution in [0.2, 0.25) is 0 Å². The number of rotatable bonds is 11. The molecule has 0 bridgehead atoms. The third-order valence-electron chi connectivity index (χ3n) is 2.68. The van der Waals surface area contributed by atoms with Gasteiger partial charge in [0.2, 0.25) is 5.91 Å². The van der Waals surface area contributed by atoms with Gasteiger partial charge in [-0.15, -0.1) is 0 Å². The standard InChI is InChI=1S/C4H8N2O3.2C4H7NO4.C3H7NO3/c3*5-2(4(8)9)1-3(6)7;4-2(1-5)3(6)7/h2H,1,5H2,(H2,6,7)(H,8,9);2*2H,1,5H2,(H,6,7)(H,8,9);2,5H,1,4H2,(H,6,7). The van der Waals surface area contributed by atoms with Crippen LogP contribution >= 0.6 is 0 Å². The molecule has 198 valence electrons. The molecule has 0 aromatic carbocycles. The molecule has 0 aliphatic heterocycles. The molecular weight excluding hydrogens is 474 g/mol. The molecule has 0 radical (unpaired) electrons. The highest BCUT2D eigenvalue weighted by Crippen LogP contribution is 1.87. The Morgan fingerprint density at radius 2 is 0.735 bits per heavy atom. The van der Waals surface area contributed by atoms with E-state index in [-0.39, 0.29) is 6.42 Å². The van der Waals surface area contributed by atoms with Gasteiger partial charge in [-0.3, -0.25) is 33.6 Å². The van der Waals surface area contributed by atoms with Crippen LogP contribution in [0.25, 0.3) is 0 Å². The van der Waals surface area contributed by atoms with E-state index in [1.807, 2.05) is 0 Å². The molecule has 0 fully saturated rings. The van der Waals surface area contributed by atoms with Gasteiger partial charge in [-0.2, -0.15) is 0 Å². The van der Waals surface area contributed by atoms with E-state index in [1.54, 1.807) is 0 Å². The number of amides is 1. The molecule has 0 aromatic heterocycles. The summed E-state index contributed by atoms with van der Waals surface area (Å²) in [6.07, 6.45) is -1.38. The predicted octanol–water partition coefficient (Wildman–Crippen LogP) is -5.59. The van der Waals surface area contributed by atoms with Crippen LogP contribution in [-0.2, 0) is 33.6 Å². The van der Waals surface area contributed by atoms with Gasteiger partial charge in [0.05, 0.1) is 25.9 Å². The molecule has 4 atom stereocenters. The fourth-order valence-electron chi connectivity index (χ4n) is 0.933. The van der Waals surface area contributed by atoms with Gasteiger partial charge in [-0.1, -0.05) is 0 Å². The average Bonchev–Trinajstić information content (AvgIpc) is 2.66. The zero-order valence-electron chi connectivity index (χ0n) is 17.5. The van der Waals surface area contributed by atoms with Gasteiger partial charge in [0, 0.05) is 0 Å². The lowest BCUT2D eigenvalue weighted by Crippen LogP contribution is -2.34. The molecule has 19 heteroatoms. The maximum absolute atomic E-state index is 9.99. The van der Waals surface area contributed by atoms with Crippen molar-refractivity contribution in [2.24, 2.45) is 28.7 Å². The molecule has 4 unspecified atom stereocenters. The average molecular weight is 503 g/mol. The summed E-state index contributed by atoms with van der Waals surface area (Å²) in [6.45, 7) is -0.505. The highest BCUT2D eigenvalue weighted by Gasteiger charge is 2.15. The predicted molar refractivity (Wildman–Crippen MR) is 108 cm³/mol. The molecule has 0 rings (SSSR count). The van der Waals surface area contributed by atoms with Crippen molar-refractivity contribution in [1.82, 2.24) is 0 Å². The first-order valence-electron chi connectivity index (χ1n) is 8.56. The Labute approximate surface area is 190 Å². The molecule has 0 spiro atoms. The van der Waals surface area contributed by atoms with E-state index in [0.29, 0.717) is 0 Å². The Morgan fingerprint density at radius 3 is 0.794 bits per heavy atom. The topological polar surface area (TPSA) is 391 Å². The number of carboxylic acids is 6. The van der Waals surface area contributed by atoms with Crippen LogP contribution in [0.5, 0.6) is 0 Å². The van der Waals surface area contributed by atoms with Crippen LogP contribution in [0, 0.1) is 0 Å². The van der Waals surface area contributed by atoms with Gasteiger partial charge >= 0.3 is 35.8 Å². The number of aliphatic hydroxyl groups is 1. The maximum Gasteiger partial charge on any atom is 0.322 e. The summed E-state index contributed by atoms with van der Waals surface area (Å²) < 4.78 is 0. The lowest BCUT2D eigenvalue weighted by atomic mass is 10.2. The zero-order valence-corrected chi connectivity index (χ0v) is 17.5. The molecule has 34 heavy (non-hydrogen) atoms. The molecule has 17 N–H and O–H groups in total. The third kappa shape index (κ3) is 30.3. The van der Waals surface area contributed by atoms with E-state index >= 15 is 0 Å². The third-order valence-corrected chi connectivity index (χ3v) is 2.68. The van der Waals surface area contributed by atoms with E-state index in [4.69, 9.17) is 58.7 Å². The van der Waals surface area contributed by atoms with Crippen LogP contribution in [-0.4, -0.2) is 108 Å². The summed E-state index contributed by atoms with van der Waals surface area (Å²) >= 11 is 0. The van der Waals surface area contributed by atoms with Crippen LogP contribution in [0.4, 0.5) is 0 Å². The number of carboxylic acid groups (broad SMARTS) is 6. The van der Waals surface area contributed by atoms with Gasteiger partial charge in [0.25, 0.3) is 0 Å². The number of hydrogen-bond acceptors (Lipinski definition) is 12. The van der Waals surface area contributed by atoms with Gasteiger partial charge in [0.15, 0.2) is 0 Å². The number of hydrogen-bond donors (Lipinski definition) is 12. The van der Waals surface area contributed by atoms with Crippen LogP contribution in [0.3, 0.4) is 0 Å². The van der Waals surface area contributed by atoms with Crippen molar-refractivity contribution in [2.75, 3.05) is 6.61 Å². The molecule has 0 aromatic rings. The van der Waals surface area contributed by atoms with E-state index in [2.05, 4.69) is 5.73 Å². The van der Waals surface area contributed by atoms with Crippen molar-refractivity contribution in [3.05, 3.63) is 0 Å². The first-order chi connectivity index (χ1) is 15.3. The molecular formula is C15H29N5O14. The molecule has 0 saturated carbocycles. The first kappa shape index (κ1) is 37.4. The summed E-state index contributed by atoms with van der Waals surface area (Å²) in [5, 5.41) is 56.1. The SMILES string of the molecule is NC(=O)CC(N)C(=O)O.NC(CC(=O)O)C(=O)O.NC(CC(=O)O)C(=O)O.NC(CO)C(=O)O. The van der Waals surface area contributed by atoms with Crippen LogP contribution in [0.1, 0.15) is 19.3 Å². The highest BCUT2D eigenvalue weighted by atomic mass is 16.4. The van der Waals surface area contributed by atoms with E-state index in [9.17, 15) is 33.6 Å². The van der Waals surface area contributed by atoms with E-state index < -0.39 is 85.3 Å². The molecule has 0 heterocycles. The number of carbonyl (C=O) groups excluding carboxylic acids is 1. The first-order valence-corrected chi connectivity index (χ1v) is 8.56. The monoisotopic (exact) mass is 503 g/mol. The molecule has 0 aliphatic rings. The quantitative estimate of drug-likeness (QED) is 0.125. The van der Waals surface area contributed by atoms with E-state index in [1.165, 1.54) is 0 Å². The summed E-state index contributed by atoms with van der Waals surface area (Å²) in [7, 11) is 0. The Balaban J connectivity index is -0.000000177. The Morgan fingerprint density at radius 1 is 0.500 bits per heavy atom.